The predicted molar refractivity (Wildman–Crippen MR) is 137 cm³/mol. The number of anilines is 1. The maximum atomic E-state index is 15.2. The highest BCUT2D eigenvalue weighted by Gasteiger charge is 2.18. The topological polar surface area (TPSA) is 101 Å². The fourth-order valence-electron chi connectivity index (χ4n) is 3.34. The highest BCUT2D eigenvalue weighted by molar-refractivity contribution is 8.00. The first-order chi connectivity index (χ1) is 17.4. The van der Waals surface area contributed by atoms with Gasteiger partial charge in [0.25, 0.3) is 0 Å². The van der Waals surface area contributed by atoms with Gasteiger partial charge in [-0.05, 0) is 53.9 Å². The first kappa shape index (κ1) is 26.5. The number of rotatable bonds is 11. The standard InChI is InChI=1S/C25H25FN2O7S/c1-31-19-11-9-17(14-18(19)28(29)30)36-27-24-16(8-10-20(32-2)23(24)26)7-6-15-12-21(33-3)25(35-5)22(13-15)34-4/h6-14,27H,1-5H3/b7-6-. The lowest BCUT2D eigenvalue weighted by molar-refractivity contribution is -0.386. The van der Waals surface area contributed by atoms with Gasteiger partial charge in [-0.15, -0.1) is 0 Å². The van der Waals surface area contributed by atoms with E-state index in [1.165, 1.54) is 53.7 Å². The summed E-state index contributed by atoms with van der Waals surface area (Å²) in [7, 11) is 7.28. The molecule has 0 heterocycles. The Labute approximate surface area is 212 Å². The second-order valence-corrected chi connectivity index (χ2v) is 8.01. The third kappa shape index (κ3) is 5.74. The number of benzene rings is 3. The SMILES string of the molecule is COc1ccc(SNc2c(/C=C\c3cc(OC)c(OC)c(OC)c3)ccc(OC)c2F)cc1[N+](=O)[O-]. The average Bonchev–Trinajstić information content (AvgIpc) is 2.90. The third-order valence-corrected chi connectivity index (χ3v) is 5.91. The molecule has 3 rings (SSSR count). The molecule has 11 heteroatoms. The van der Waals surface area contributed by atoms with E-state index in [1.807, 2.05) is 0 Å². The van der Waals surface area contributed by atoms with Gasteiger partial charge < -0.3 is 28.4 Å². The highest BCUT2D eigenvalue weighted by atomic mass is 32.2. The van der Waals surface area contributed by atoms with Crippen LogP contribution < -0.4 is 28.4 Å². The van der Waals surface area contributed by atoms with Crippen molar-refractivity contribution in [2.75, 3.05) is 40.3 Å². The van der Waals surface area contributed by atoms with Gasteiger partial charge >= 0.3 is 5.69 Å². The van der Waals surface area contributed by atoms with Gasteiger partial charge in [-0.1, -0.05) is 12.2 Å². The lowest BCUT2D eigenvalue weighted by Crippen LogP contribution is -1.99. The molecule has 0 fully saturated rings. The molecule has 3 aromatic carbocycles. The molecular weight excluding hydrogens is 491 g/mol. The van der Waals surface area contributed by atoms with Crippen molar-refractivity contribution in [3.8, 4) is 28.7 Å². The van der Waals surface area contributed by atoms with Gasteiger partial charge in [0.15, 0.2) is 28.8 Å². The minimum Gasteiger partial charge on any atom is -0.494 e. The van der Waals surface area contributed by atoms with Crippen LogP contribution in [0, 0.1) is 15.9 Å². The Morgan fingerprint density at radius 1 is 0.833 bits per heavy atom. The summed E-state index contributed by atoms with van der Waals surface area (Å²) in [5, 5.41) is 11.3. The molecule has 0 radical (unpaired) electrons. The van der Waals surface area contributed by atoms with Gasteiger partial charge in [-0.25, -0.2) is 4.39 Å². The fraction of sp³-hybridized carbons (Fsp3) is 0.200. The normalized spacial score (nSPS) is 10.7. The van der Waals surface area contributed by atoms with E-state index in [2.05, 4.69) is 4.72 Å². The zero-order valence-corrected chi connectivity index (χ0v) is 21.1. The Kier molecular flexibility index (Phi) is 8.85. The van der Waals surface area contributed by atoms with Crippen LogP contribution in [0.5, 0.6) is 28.7 Å². The number of nitro groups is 1. The molecule has 1 N–H and O–H groups in total. The smallest absolute Gasteiger partial charge is 0.312 e. The van der Waals surface area contributed by atoms with Crippen LogP contribution in [0.1, 0.15) is 11.1 Å². The monoisotopic (exact) mass is 516 g/mol. The third-order valence-electron chi connectivity index (χ3n) is 5.12. The summed E-state index contributed by atoms with van der Waals surface area (Å²) in [5.74, 6) is 0.981. The van der Waals surface area contributed by atoms with Crippen LogP contribution in [0.2, 0.25) is 0 Å². The summed E-state index contributed by atoms with van der Waals surface area (Å²) in [6.45, 7) is 0. The molecule has 0 atom stereocenters. The summed E-state index contributed by atoms with van der Waals surface area (Å²) in [6.07, 6.45) is 3.47. The second kappa shape index (κ2) is 12.0. The summed E-state index contributed by atoms with van der Waals surface area (Å²) in [5.41, 5.74) is 1.18. The van der Waals surface area contributed by atoms with Crippen LogP contribution in [0.4, 0.5) is 15.8 Å². The quantitative estimate of drug-likeness (QED) is 0.141. The number of hydrogen-bond donors (Lipinski definition) is 1. The van der Waals surface area contributed by atoms with E-state index in [4.69, 9.17) is 23.7 Å². The zero-order valence-electron chi connectivity index (χ0n) is 20.3. The molecule has 0 aliphatic heterocycles. The molecule has 36 heavy (non-hydrogen) atoms. The number of hydrogen-bond acceptors (Lipinski definition) is 9. The maximum Gasteiger partial charge on any atom is 0.312 e. The average molecular weight is 517 g/mol. The van der Waals surface area contributed by atoms with Crippen molar-refractivity contribution in [3.05, 3.63) is 69.5 Å². The molecule has 0 aliphatic rings. The van der Waals surface area contributed by atoms with Gasteiger partial charge in [0.05, 0.1) is 46.2 Å². The Balaban J connectivity index is 1.96. The number of nitro benzene ring substituents is 1. The van der Waals surface area contributed by atoms with E-state index in [9.17, 15) is 10.1 Å². The summed E-state index contributed by atoms with van der Waals surface area (Å²) in [6, 6.07) is 11.2. The van der Waals surface area contributed by atoms with Crippen molar-refractivity contribution in [2.45, 2.75) is 4.90 Å². The first-order valence-electron chi connectivity index (χ1n) is 10.5. The van der Waals surface area contributed by atoms with Crippen molar-refractivity contribution in [2.24, 2.45) is 0 Å². The molecular formula is C25H25FN2O7S. The number of methoxy groups -OCH3 is 5. The molecule has 0 saturated heterocycles. The fourth-order valence-corrected chi connectivity index (χ4v) is 4.08. The highest BCUT2D eigenvalue weighted by Crippen LogP contribution is 2.39. The molecule has 0 aliphatic carbocycles. The number of halogens is 1. The summed E-state index contributed by atoms with van der Waals surface area (Å²) >= 11 is 1.01. The Morgan fingerprint density at radius 3 is 2.00 bits per heavy atom. The molecule has 0 saturated carbocycles. The molecule has 0 aromatic heterocycles. The van der Waals surface area contributed by atoms with Gasteiger partial charge in [-0.2, -0.15) is 0 Å². The number of ether oxygens (including phenoxy) is 5. The molecule has 9 nitrogen and oxygen atoms in total. The van der Waals surface area contributed by atoms with Crippen LogP contribution in [-0.4, -0.2) is 40.5 Å². The predicted octanol–water partition coefficient (Wildman–Crippen LogP) is 6.07. The minimum atomic E-state index is -0.611. The van der Waals surface area contributed by atoms with E-state index in [0.29, 0.717) is 27.7 Å². The largest absolute Gasteiger partial charge is 0.494 e. The minimum absolute atomic E-state index is 0.0451. The summed E-state index contributed by atoms with van der Waals surface area (Å²) in [4.78, 5) is 11.3. The van der Waals surface area contributed by atoms with Crippen molar-refractivity contribution in [1.29, 1.82) is 0 Å². The lowest BCUT2D eigenvalue weighted by Gasteiger charge is -2.14. The van der Waals surface area contributed by atoms with Crippen LogP contribution >= 0.6 is 11.9 Å². The van der Waals surface area contributed by atoms with Crippen LogP contribution in [0.15, 0.2) is 47.4 Å². The van der Waals surface area contributed by atoms with E-state index in [1.54, 1.807) is 36.4 Å². The second-order valence-electron chi connectivity index (χ2n) is 7.13. The molecule has 0 amide bonds. The molecule has 0 spiro atoms. The molecule has 0 bridgehead atoms. The Hall–Kier alpha value is -4.12. The van der Waals surface area contributed by atoms with Gasteiger partial charge in [-0.3, -0.25) is 10.1 Å². The maximum absolute atomic E-state index is 15.2. The Bertz CT molecular complexity index is 1260. The van der Waals surface area contributed by atoms with E-state index in [0.717, 1.165) is 17.5 Å². The van der Waals surface area contributed by atoms with E-state index < -0.39 is 10.7 Å². The van der Waals surface area contributed by atoms with Crippen molar-refractivity contribution >= 4 is 35.5 Å². The van der Waals surface area contributed by atoms with Crippen molar-refractivity contribution < 1.29 is 33.0 Å². The molecule has 190 valence electrons. The number of nitrogens with zero attached hydrogens (tertiary/aromatic N) is 1. The van der Waals surface area contributed by atoms with Crippen molar-refractivity contribution in [3.63, 3.8) is 0 Å². The van der Waals surface area contributed by atoms with Crippen LogP contribution in [-0.2, 0) is 0 Å². The van der Waals surface area contributed by atoms with Gasteiger partial charge in [0.1, 0.15) is 0 Å². The Morgan fingerprint density at radius 2 is 1.44 bits per heavy atom. The van der Waals surface area contributed by atoms with Gasteiger partial charge in [0, 0.05) is 16.5 Å². The van der Waals surface area contributed by atoms with E-state index in [-0.39, 0.29) is 22.9 Å². The van der Waals surface area contributed by atoms with Crippen molar-refractivity contribution in [1.82, 2.24) is 0 Å². The molecule has 3 aromatic rings. The molecule has 0 unspecified atom stereocenters. The van der Waals surface area contributed by atoms with Crippen LogP contribution in [0.25, 0.3) is 12.2 Å². The first-order valence-corrected chi connectivity index (χ1v) is 11.3. The summed E-state index contributed by atoms with van der Waals surface area (Å²) < 4.78 is 44.4. The van der Waals surface area contributed by atoms with E-state index >= 15 is 4.39 Å². The number of nitrogens with one attached hydrogen (secondary N) is 1. The van der Waals surface area contributed by atoms with Crippen LogP contribution in [0.3, 0.4) is 0 Å². The lowest BCUT2D eigenvalue weighted by atomic mass is 10.1. The zero-order chi connectivity index (χ0) is 26.2. The van der Waals surface area contributed by atoms with Gasteiger partial charge in [0.2, 0.25) is 5.75 Å².